The number of hydrogen-bond acceptors (Lipinski definition) is 5. The zero-order valence-corrected chi connectivity index (χ0v) is 7.59. The Morgan fingerprint density at radius 2 is 2.08 bits per heavy atom. The molecular formula is C6H11O5S. The quantitative estimate of drug-likeness (QED) is 0.478. The topological polar surface area (TPSA) is 69.7 Å². The Hall–Kier alpha value is -0.780. The van der Waals surface area contributed by atoms with Crippen molar-refractivity contribution in [3.8, 4) is 0 Å². The smallest absolute Gasteiger partial charge is 0.434 e. The lowest BCUT2D eigenvalue weighted by molar-refractivity contribution is 0.0832. The van der Waals surface area contributed by atoms with Crippen LogP contribution in [0.15, 0.2) is 0 Å². The van der Waals surface area contributed by atoms with E-state index in [0.29, 0.717) is 0 Å². The van der Waals surface area contributed by atoms with Crippen LogP contribution in [0.1, 0.15) is 6.42 Å². The summed E-state index contributed by atoms with van der Waals surface area (Å²) in [4.78, 5) is 10.3. The molecule has 0 aromatic rings. The van der Waals surface area contributed by atoms with Crippen LogP contribution in [-0.4, -0.2) is 33.2 Å². The highest BCUT2D eigenvalue weighted by atomic mass is 32.2. The van der Waals surface area contributed by atoms with E-state index in [-0.39, 0.29) is 18.8 Å². The van der Waals surface area contributed by atoms with Gasteiger partial charge in [-0.1, -0.05) is 0 Å². The van der Waals surface area contributed by atoms with Gasteiger partial charge in [-0.3, -0.25) is 0 Å². The third kappa shape index (κ3) is 7.33. The molecule has 0 rings (SSSR count). The lowest BCUT2D eigenvalue weighted by Gasteiger charge is -2.00. The Morgan fingerprint density at radius 1 is 1.50 bits per heavy atom. The summed E-state index contributed by atoms with van der Waals surface area (Å²) in [6.45, 7) is 0.0292. The van der Waals surface area contributed by atoms with Crippen molar-refractivity contribution in [3.05, 3.63) is 7.11 Å². The predicted molar refractivity (Wildman–Crippen MR) is 42.1 cm³/mol. The van der Waals surface area contributed by atoms with Crippen LogP contribution in [0.3, 0.4) is 0 Å². The number of hydrogen-bond donors (Lipinski definition) is 0. The zero-order valence-electron chi connectivity index (χ0n) is 6.78. The molecule has 0 aromatic heterocycles. The molecule has 0 fully saturated rings. The number of carbonyl (C=O) groups is 1. The fourth-order valence-electron chi connectivity index (χ4n) is 0.518. The first kappa shape index (κ1) is 11.2. The second-order valence-corrected chi connectivity index (χ2v) is 4.49. The van der Waals surface area contributed by atoms with Crippen LogP contribution in [0.5, 0.6) is 0 Å². The van der Waals surface area contributed by atoms with Crippen molar-refractivity contribution in [3.63, 3.8) is 0 Å². The van der Waals surface area contributed by atoms with Gasteiger partial charge in [0.15, 0.2) is 0 Å². The molecule has 0 amide bonds. The van der Waals surface area contributed by atoms with E-state index >= 15 is 0 Å². The fraction of sp³-hybridized carbons (Fsp3) is 0.667. The molecule has 0 aliphatic rings. The largest absolute Gasteiger partial charge is 0.508 e. The summed E-state index contributed by atoms with van der Waals surface area (Å²) in [5.41, 5.74) is 0. The lowest BCUT2D eigenvalue weighted by Crippen LogP contribution is -2.09. The van der Waals surface area contributed by atoms with Crippen LogP contribution in [0.2, 0.25) is 0 Å². The van der Waals surface area contributed by atoms with Gasteiger partial charge in [0.05, 0.1) is 12.4 Å². The maximum Gasteiger partial charge on any atom is 0.508 e. The normalized spacial score (nSPS) is 10.8. The molecule has 0 heterocycles. The summed E-state index contributed by atoms with van der Waals surface area (Å²) in [5, 5.41) is 0. The molecule has 6 heteroatoms. The van der Waals surface area contributed by atoms with E-state index in [1.54, 1.807) is 0 Å². The molecule has 0 saturated carbocycles. The molecule has 71 valence electrons. The van der Waals surface area contributed by atoms with Crippen LogP contribution in [0, 0.1) is 7.11 Å². The minimum atomic E-state index is -2.98. The van der Waals surface area contributed by atoms with Crippen LogP contribution in [0.25, 0.3) is 0 Å². The van der Waals surface area contributed by atoms with E-state index in [0.717, 1.165) is 6.26 Å². The van der Waals surface area contributed by atoms with Gasteiger partial charge in [0, 0.05) is 6.26 Å². The van der Waals surface area contributed by atoms with Crippen LogP contribution in [-0.2, 0) is 19.3 Å². The van der Waals surface area contributed by atoms with E-state index in [2.05, 4.69) is 16.6 Å². The van der Waals surface area contributed by atoms with Crippen LogP contribution in [0.4, 0.5) is 4.79 Å². The van der Waals surface area contributed by atoms with Crippen molar-refractivity contribution in [2.75, 3.05) is 18.6 Å². The van der Waals surface area contributed by atoms with E-state index < -0.39 is 16.0 Å². The molecule has 5 nitrogen and oxygen atoms in total. The number of sulfone groups is 1. The summed E-state index contributed by atoms with van der Waals surface area (Å²) in [7, 11) is -0.156. The first-order chi connectivity index (χ1) is 5.45. The standard InChI is InChI=1S/C6H11O5S/c1-10-6(7)11-4-3-5-12(2,8)9/h1,3-5H2,2H3. The summed E-state index contributed by atoms with van der Waals surface area (Å²) >= 11 is 0. The van der Waals surface area contributed by atoms with Gasteiger partial charge in [-0.2, -0.15) is 0 Å². The minimum Gasteiger partial charge on any atom is -0.434 e. The molecular weight excluding hydrogens is 184 g/mol. The fourth-order valence-corrected chi connectivity index (χ4v) is 1.16. The first-order valence-electron chi connectivity index (χ1n) is 3.22. The van der Waals surface area contributed by atoms with Crippen molar-refractivity contribution in [1.29, 1.82) is 0 Å². The van der Waals surface area contributed by atoms with E-state index in [1.807, 2.05) is 0 Å². The Kier molecular flexibility index (Phi) is 4.65. The van der Waals surface area contributed by atoms with Crippen molar-refractivity contribution >= 4 is 16.0 Å². The van der Waals surface area contributed by atoms with Gasteiger partial charge in [-0.15, -0.1) is 0 Å². The molecule has 0 aromatic carbocycles. The summed E-state index contributed by atoms with van der Waals surface area (Å²) < 4.78 is 29.4. The number of ether oxygens (including phenoxy) is 2. The molecule has 0 saturated heterocycles. The number of carbonyl (C=O) groups excluding carboxylic acids is 1. The summed E-state index contributed by atoms with van der Waals surface area (Å²) in [5.74, 6) is -0.00256. The molecule has 0 atom stereocenters. The summed E-state index contributed by atoms with van der Waals surface area (Å²) in [6, 6.07) is 0. The van der Waals surface area contributed by atoms with E-state index in [9.17, 15) is 13.2 Å². The maximum atomic E-state index is 10.6. The molecule has 0 aliphatic carbocycles. The highest BCUT2D eigenvalue weighted by Crippen LogP contribution is 1.91. The Bertz CT molecular complexity index is 230. The van der Waals surface area contributed by atoms with Crippen molar-refractivity contribution < 1.29 is 22.7 Å². The van der Waals surface area contributed by atoms with Crippen molar-refractivity contribution in [1.82, 2.24) is 0 Å². The number of rotatable bonds is 4. The SMILES string of the molecule is [CH2]OC(=O)OCCCS(C)(=O)=O. The molecule has 12 heavy (non-hydrogen) atoms. The Morgan fingerprint density at radius 3 is 2.50 bits per heavy atom. The van der Waals surface area contributed by atoms with Gasteiger partial charge in [-0.25, -0.2) is 13.2 Å². The van der Waals surface area contributed by atoms with Gasteiger partial charge in [-0.05, 0) is 6.42 Å². The van der Waals surface area contributed by atoms with Crippen LogP contribution < -0.4 is 0 Å². The predicted octanol–water partition coefficient (Wildman–Crippen LogP) is 0.366. The van der Waals surface area contributed by atoms with Crippen LogP contribution >= 0.6 is 0 Å². The highest BCUT2D eigenvalue weighted by Gasteiger charge is 2.03. The van der Waals surface area contributed by atoms with Gasteiger partial charge in [0.1, 0.15) is 16.9 Å². The highest BCUT2D eigenvalue weighted by molar-refractivity contribution is 7.90. The minimum absolute atomic E-state index is 0.00256. The van der Waals surface area contributed by atoms with Gasteiger partial charge in [0.25, 0.3) is 0 Å². The van der Waals surface area contributed by atoms with Gasteiger partial charge >= 0.3 is 6.16 Å². The third-order valence-corrected chi connectivity index (χ3v) is 2.03. The van der Waals surface area contributed by atoms with E-state index in [1.165, 1.54) is 0 Å². The second-order valence-electron chi connectivity index (χ2n) is 2.23. The average molecular weight is 195 g/mol. The molecule has 0 spiro atoms. The second kappa shape index (κ2) is 4.97. The average Bonchev–Trinajstić information content (AvgIpc) is 1.96. The Labute approximate surface area is 71.6 Å². The molecule has 1 radical (unpaired) electrons. The molecule has 0 aliphatic heterocycles. The zero-order chi connectivity index (χ0) is 9.61. The third-order valence-electron chi connectivity index (χ3n) is 0.997. The van der Waals surface area contributed by atoms with Gasteiger partial charge in [0.2, 0.25) is 0 Å². The Balaban J connectivity index is 3.40. The van der Waals surface area contributed by atoms with Crippen molar-refractivity contribution in [2.45, 2.75) is 6.42 Å². The summed E-state index contributed by atoms with van der Waals surface area (Å²) in [6.07, 6.45) is 0.490. The molecule has 0 bridgehead atoms. The first-order valence-corrected chi connectivity index (χ1v) is 5.28. The van der Waals surface area contributed by atoms with Gasteiger partial charge < -0.3 is 9.47 Å². The van der Waals surface area contributed by atoms with Crippen molar-refractivity contribution in [2.24, 2.45) is 0 Å². The lowest BCUT2D eigenvalue weighted by atomic mass is 10.5. The molecule has 0 N–H and O–H groups in total. The van der Waals surface area contributed by atoms with E-state index in [4.69, 9.17) is 0 Å². The maximum absolute atomic E-state index is 10.6. The molecule has 0 unspecified atom stereocenters. The monoisotopic (exact) mass is 195 g/mol.